The molecule has 0 bridgehead atoms. The van der Waals surface area contributed by atoms with E-state index in [1.807, 2.05) is 6.92 Å². The van der Waals surface area contributed by atoms with Crippen LogP contribution >= 0.6 is 11.6 Å². The predicted molar refractivity (Wildman–Crippen MR) is 116 cm³/mol. The van der Waals surface area contributed by atoms with Crippen LogP contribution in [-0.2, 0) is 14.4 Å². The molecule has 31 heavy (non-hydrogen) atoms. The van der Waals surface area contributed by atoms with Crippen molar-refractivity contribution in [3.05, 3.63) is 53.6 Å². The van der Waals surface area contributed by atoms with Gasteiger partial charge in [0, 0.05) is 17.3 Å². The second-order valence-corrected chi connectivity index (χ2v) is 7.39. The number of hydrazine groups is 1. The van der Waals surface area contributed by atoms with E-state index in [9.17, 15) is 14.4 Å². The molecule has 0 saturated carbocycles. The third kappa shape index (κ3) is 5.67. The topological polar surface area (TPSA) is 97.0 Å². The molecule has 2 aromatic rings. The molecular weight excluding hydrogens is 422 g/mol. The lowest BCUT2D eigenvalue weighted by Gasteiger charge is -2.18. The summed E-state index contributed by atoms with van der Waals surface area (Å²) in [6.07, 6.45) is -0.510. The number of rotatable bonds is 7. The number of carbonyl (C=O) groups excluding carboxylic acids is 3. The van der Waals surface area contributed by atoms with E-state index < -0.39 is 23.8 Å². The quantitative estimate of drug-likeness (QED) is 0.504. The first kappa shape index (κ1) is 22.4. The normalized spacial score (nSPS) is 16.5. The van der Waals surface area contributed by atoms with Crippen LogP contribution in [0.5, 0.6) is 11.5 Å². The lowest BCUT2D eigenvalue weighted by molar-refractivity contribution is -0.137. The Morgan fingerprint density at radius 3 is 2.39 bits per heavy atom. The smallest absolute Gasteiger partial charge is 0.279 e. The van der Waals surface area contributed by atoms with Gasteiger partial charge in [0.15, 0.2) is 6.10 Å². The van der Waals surface area contributed by atoms with Gasteiger partial charge in [-0.1, -0.05) is 11.6 Å². The minimum absolute atomic E-state index is 0.326. The molecule has 164 valence electrons. The molecule has 0 spiro atoms. The number of halogens is 1. The number of nitrogens with one attached hydrogen (secondary N) is 2. The average molecular weight is 446 g/mol. The van der Waals surface area contributed by atoms with Gasteiger partial charge < -0.3 is 14.4 Å². The molecule has 2 aromatic carbocycles. The molecule has 1 heterocycles. The number of carbonyl (C=O) groups is 3. The van der Waals surface area contributed by atoms with E-state index in [1.165, 1.54) is 4.90 Å². The molecule has 1 saturated heterocycles. The Kier molecular flexibility index (Phi) is 7.36. The standard InChI is InChI=1S/C22H24ClN3O5/c1-3-30-17-8-10-18(11-9-17)31-14(2)20(27)24-25-21(28)19-12-13-26(22(19)29)16-6-4-15(23)5-7-16/h4-11,14,19H,3,12-13H2,1-2H3,(H,24,27)(H,25,28). The Labute approximate surface area is 185 Å². The number of amides is 3. The summed E-state index contributed by atoms with van der Waals surface area (Å²) in [6.45, 7) is 4.41. The number of anilines is 1. The molecular formula is C22H24ClN3O5. The average Bonchev–Trinajstić information content (AvgIpc) is 3.15. The lowest BCUT2D eigenvalue weighted by Crippen LogP contribution is -2.50. The maximum Gasteiger partial charge on any atom is 0.279 e. The summed E-state index contributed by atoms with van der Waals surface area (Å²) in [5.74, 6) is -1.12. The summed E-state index contributed by atoms with van der Waals surface area (Å²) in [4.78, 5) is 38.8. The molecule has 2 N–H and O–H groups in total. The van der Waals surface area contributed by atoms with Crippen LogP contribution in [-0.4, -0.2) is 37.0 Å². The molecule has 1 aliphatic heterocycles. The monoisotopic (exact) mass is 445 g/mol. The van der Waals surface area contributed by atoms with Gasteiger partial charge in [0.25, 0.3) is 11.8 Å². The highest BCUT2D eigenvalue weighted by atomic mass is 35.5. The van der Waals surface area contributed by atoms with Gasteiger partial charge in [-0.25, -0.2) is 0 Å². The third-order valence-electron chi connectivity index (χ3n) is 4.79. The van der Waals surface area contributed by atoms with Crippen molar-refractivity contribution in [2.24, 2.45) is 5.92 Å². The second kappa shape index (κ2) is 10.2. The van der Waals surface area contributed by atoms with Gasteiger partial charge in [-0.15, -0.1) is 0 Å². The summed E-state index contributed by atoms with van der Waals surface area (Å²) in [5, 5.41) is 0.564. The van der Waals surface area contributed by atoms with Crippen molar-refractivity contribution in [3.63, 3.8) is 0 Å². The summed E-state index contributed by atoms with van der Waals surface area (Å²) < 4.78 is 10.9. The van der Waals surface area contributed by atoms with Crippen molar-refractivity contribution in [2.75, 3.05) is 18.1 Å². The van der Waals surface area contributed by atoms with Gasteiger partial charge in [-0.2, -0.15) is 0 Å². The van der Waals surface area contributed by atoms with Crippen molar-refractivity contribution in [1.29, 1.82) is 0 Å². The second-order valence-electron chi connectivity index (χ2n) is 6.95. The Morgan fingerprint density at radius 2 is 1.74 bits per heavy atom. The van der Waals surface area contributed by atoms with Crippen molar-refractivity contribution >= 4 is 35.0 Å². The number of hydrogen-bond donors (Lipinski definition) is 2. The van der Waals surface area contributed by atoms with Gasteiger partial charge >= 0.3 is 0 Å². The number of hydrogen-bond acceptors (Lipinski definition) is 5. The SMILES string of the molecule is CCOc1ccc(OC(C)C(=O)NNC(=O)C2CCN(c3ccc(Cl)cc3)C2=O)cc1. The molecule has 2 unspecified atom stereocenters. The Hall–Kier alpha value is -3.26. The van der Waals surface area contributed by atoms with Gasteiger partial charge in [-0.05, 0) is 68.8 Å². The number of nitrogens with zero attached hydrogens (tertiary/aromatic N) is 1. The highest BCUT2D eigenvalue weighted by molar-refractivity contribution is 6.30. The fraction of sp³-hybridized carbons (Fsp3) is 0.318. The molecule has 0 aromatic heterocycles. The zero-order chi connectivity index (χ0) is 22.4. The van der Waals surface area contributed by atoms with Crippen molar-refractivity contribution < 1.29 is 23.9 Å². The van der Waals surface area contributed by atoms with Gasteiger partial charge in [-0.3, -0.25) is 25.2 Å². The maximum atomic E-state index is 12.6. The van der Waals surface area contributed by atoms with Gasteiger partial charge in [0.05, 0.1) is 6.61 Å². The number of benzene rings is 2. The lowest BCUT2D eigenvalue weighted by atomic mass is 10.1. The molecule has 1 aliphatic rings. The largest absolute Gasteiger partial charge is 0.494 e. The fourth-order valence-corrected chi connectivity index (χ4v) is 3.28. The van der Waals surface area contributed by atoms with E-state index in [1.54, 1.807) is 55.5 Å². The van der Waals surface area contributed by atoms with Crippen molar-refractivity contribution in [3.8, 4) is 11.5 Å². The molecule has 8 nitrogen and oxygen atoms in total. The minimum Gasteiger partial charge on any atom is -0.494 e. The third-order valence-corrected chi connectivity index (χ3v) is 5.04. The van der Waals surface area contributed by atoms with Crippen LogP contribution in [0.15, 0.2) is 48.5 Å². The Morgan fingerprint density at radius 1 is 1.10 bits per heavy atom. The highest BCUT2D eigenvalue weighted by Gasteiger charge is 2.37. The Balaban J connectivity index is 1.48. The van der Waals surface area contributed by atoms with E-state index >= 15 is 0 Å². The highest BCUT2D eigenvalue weighted by Crippen LogP contribution is 2.26. The Bertz CT molecular complexity index is 933. The van der Waals surface area contributed by atoms with Gasteiger partial charge in [0.1, 0.15) is 17.4 Å². The summed E-state index contributed by atoms with van der Waals surface area (Å²) in [6, 6.07) is 13.7. The van der Waals surface area contributed by atoms with Crippen LogP contribution in [0.4, 0.5) is 5.69 Å². The summed E-state index contributed by atoms with van der Waals surface area (Å²) in [7, 11) is 0. The van der Waals surface area contributed by atoms with E-state index in [-0.39, 0.29) is 5.91 Å². The molecule has 0 aliphatic carbocycles. The molecule has 0 radical (unpaired) electrons. The number of ether oxygens (including phenoxy) is 2. The van der Waals surface area contributed by atoms with Crippen LogP contribution in [0.2, 0.25) is 5.02 Å². The van der Waals surface area contributed by atoms with Crippen LogP contribution in [0.1, 0.15) is 20.3 Å². The van der Waals surface area contributed by atoms with E-state index in [0.29, 0.717) is 41.8 Å². The molecule has 1 fully saturated rings. The first-order valence-corrected chi connectivity index (χ1v) is 10.3. The fourth-order valence-electron chi connectivity index (χ4n) is 3.15. The van der Waals surface area contributed by atoms with E-state index in [2.05, 4.69) is 10.9 Å². The molecule has 9 heteroatoms. The first-order valence-electron chi connectivity index (χ1n) is 9.95. The molecule has 3 rings (SSSR count). The summed E-state index contributed by atoms with van der Waals surface area (Å²) in [5.41, 5.74) is 5.31. The van der Waals surface area contributed by atoms with E-state index in [0.717, 1.165) is 0 Å². The van der Waals surface area contributed by atoms with Crippen molar-refractivity contribution in [2.45, 2.75) is 26.4 Å². The zero-order valence-electron chi connectivity index (χ0n) is 17.3. The van der Waals surface area contributed by atoms with Crippen LogP contribution in [0.3, 0.4) is 0 Å². The molecule has 2 atom stereocenters. The maximum absolute atomic E-state index is 12.6. The zero-order valence-corrected chi connectivity index (χ0v) is 18.0. The van der Waals surface area contributed by atoms with Crippen LogP contribution < -0.4 is 25.2 Å². The summed E-state index contributed by atoms with van der Waals surface area (Å²) >= 11 is 5.88. The first-order chi connectivity index (χ1) is 14.9. The van der Waals surface area contributed by atoms with Gasteiger partial charge in [0.2, 0.25) is 5.91 Å². The van der Waals surface area contributed by atoms with Crippen molar-refractivity contribution in [1.82, 2.24) is 10.9 Å². The van der Waals surface area contributed by atoms with Crippen LogP contribution in [0, 0.1) is 5.92 Å². The van der Waals surface area contributed by atoms with E-state index in [4.69, 9.17) is 21.1 Å². The molecule has 3 amide bonds. The predicted octanol–water partition coefficient (Wildman–Crippen LogP) is 2.71. The van der Waals surface area contributed by atoms with Crippen LogP contribution in [0.25, 0.3) is 0 Å². The minimum atomic E-state index is -0.877.